The Kier molecular flexibility index (Phi) is 4.93. The molecular weight excluding hydrogens is 242 g/mol. The average molecular weight is 267 g/mol. The summed E-state index contributed by atoms with van der Waals surface area (Å²) in [5.74, 6) is 1.47. The third kappa shape index (κ3) is 2.98. The molecule has 1 saturated heterocycles. The molecule has 108 valence electrons. The third-order valence-electron chi connectivity index (χ3n) is 4.04. The summed E-state index contributed by atoms with van der Waals surface area (Å²) in [4.78, 5) is 4.62. The van der Waals surface area contributed by atoms with Crippen LogP contribution in [0.3, 0.4) is 0 Å². The number of nitrogens with zero attached hydrogens (tertiary/aromatic N) is 2. The van der Waals surface area contributed by atoms with Crippen LogP contribution in [0.25, 0.3) is 0 Å². The number of hydrogen-bond donors (Lipinski definition) is 1. The summed E-state index contributed by atoms with van der Waals surface area (Å²) in [5, 5.41) is 7.59. The highest BCUT2D eigenvalue weighted by atomic mass is 16.5. The first-order chi connectivity index (χ1) is 9.25. The van der Waals surface area contributed by atoms with E-state index >= 15 is 0 Å². The number of methoxy groups -OCH3 is 1. The predicted octanol–water partition coefficient (Wildman–Crippen LogP) is 2.59. The van der Waals surface area contributed by atoms with Crippen LogP contribution in [-0.2, 0) is 10.2 Å². The summed E-state index contributed by atoms with van der Waals surface area (Å²) in [6.07, 6.45) is 5.30. The zero-order valence-electron chi connectivity index (χ0n) is 12.2. The number of aromatic nitrogens is 2. The smallest absolute Gasteiger partial charge is 0.234 e. The minimum Gasteiger partial charge on any atom is -0.373 e. The van der Waals surface area contributed by atoms with E-state index in [1.807, 2.05) is 0 Å². The minimum atomic E-state index is -0.0623. The Balaban J connectivity index is 2.22. The highest BCUT2D eigenvalue weighted by Crippen LogP contribution is 2.35. The first-order valence-electron chi connectivity index (χ1n) is 7.33. The van der Waals surface area contributed by atoms with E-state index in [0.717, 1.165) is 44.7 Å². The third-order valence-corrected chi connectivity index (χ3v) is 4.04. The molecular formula is C14H25N3O2. The Morgan fingerprint density at radius 3 is 2.89 bits per heavy atom. The second-order valence-corrected chi connectivity index (χ2v) is 5.40. The van der Waals surface area contributed by atoms with Gasteiger partial charge in [-0.2, -0.15) is 4.98 Å². The molecule has 0 aromatic carbocycles. The van der Waals surface area contributed by atoms with Crippen molar-refractivity contribution in [2.24, 2.45) is 0 Å². The monoisotopic (exact) mass is 267 g/mol. The molecule has 1 aliphatic rings. The number of hydrogen-bond acceptors (Lipinski definition) is 5. The summed E-state index contributed by atoms with van der Waals surface area (Å²) in [6, 6.07) is 0. The lowest BCUT2D eigenvalue weighted by molar-refractivity contribution is 0.0903. The molecule has 0 spiro atoms. The second-order valence-electron chi connectivity index (χ2n) is 5.40. The van der Waals surface area contributed by atoms with Gasteiger partial charge in [0.05, 0.1) is 5.41 Å². The maximum atomic E-state index is 5.56. The number of piperidine rings is 1. The fourth-order valence-electron chi connectivity index (χ4n) is 2.98. The van der Waals surface area contributed by atoms with Crippen LogP contribution in [0.5, 0.6) is 0 Å². The molecule has 0 aliphatic carbocycles. The van der Waals surface area contributed by atoms with E-state index in [4.69, 9.17) is 9.26 Å². The van der Waals surface area contributed by atoms with E-state index in [1.54, 1.807) is 7.11 Å². The van der Waals surface area contributed by atoms with Gasteiger partial charge in [0.1, 0.15) is 6.10 Å². The maximum absolute atomic E-state index is 5.56. The molecule has 1 aromatic heterocycles. The zero-order valence-corrected chi connectivity index (χ0v) is 12.2. The van der Waals surface area contributed by atoms with Crippen LogP contribution in [0.4, 0.5) is 0 Å². The summed E-state index contributed by atoms with van der Waals surface area (Å²) < 4.78 is 10.9. The second kappa shape index (κ2) is 6.48. The fraction of sp³-hybridized carbons (Fsp3) is 0.857. The molecule has 0 saturated carbocycles. The first-order valence-corrected chi connectivity index (χ1v) is 7.33. The lowest BCUT2D eigenvalue weighted by atomic mass is 9.77. The van der Waals surface area contributed by atoms with Gasteiger partial charge in [-0.05, 0) is 32.2 Å². The van der Waals surface area contributed by atoms with Gasteiger partial charge in [-0.25, -0.2) is 0 Å². The summed E-state index contributed by atoms with van der Waals surface area (Å²) >= 11 is 0. The lowest BCUT2D eigenvalue weighted by Crippen LogP contribution is -2.43. The van der Waals surface area contributed by atoms with Crippen molar-refractivity contribution < 1.29 is 9.26 Å². The van der Waals surface area contributed by atoms with Gasteiger partial charge in [0.25, 0.3) is 0 Å². The zero-order chi connectivity index (χ0) is 13.7. The quantitative estimate of drug-likeness (QED) is 0.858. The van der Waals surface area contributed by atoms with Crippen molar-refractivity contribution in [2.45, 2.75) is 57.5 Å². The standard InChI is InChI=1S/C14H25N3O2/c1-4-7-14(8-6-9-15-10-14)13-16-12(17-19-13)11(5-2)18-3/h11,15H,4-10H2,1-3H3. The largest absolute Gasteiger partial charge is 0.373 e. The van der Waals surface area contributed by atoms with Crippen molar-refractivity contribution in [3.63, 3.8) is 0 Å². The molecule has 2 heterocycles. The van der Waals surface area contributed by atoms with Gasteiger partial charge in [0.2, 0.25) is 11.7 Å². The average Bonchev–Trinajstić information content (AvgIpc) is 2.92. The fourth-order valence-corrected chi connectivity index (χ4v) is 2.98. The van der Waals surface area contributed by atoms with E-state index in [-0.39, 0.29) is 11.5 Å². The van der Waals surface area contributed by atoms with Crippen LogP contribution in [0.2, 0.25) is 0 Å². The van der Waals surface area contributed by atoms with Crippen molar-refractivity contribution in [2.75, 3.05) is 20.2 Å². The number of nitrogens with one attached hydrogen (secondary N) is 1. The van der Waals surface area contributed by atoms with Crippen LogP contribution < -0.4 is 5.32 Å². The Bertz CT molecular complexity index is 376. The molecule has 1 aromatic rings. The van der Waals surface area contributed by atoms with Gasteiger partial charge in [-0.3, -0.25) is 0 Å². The molecule has 2 atom stereocenters. The van der Waals surface area contributed by atoms with Crippen molar-refractivity contribution in [3.05, 3.63) is 11.7 Å². The highest BCUT2D eigenvalue weighted by Gasteiger charge is 2.38. The molecule has 0 bridgehead atoms. The number of ether oxygens (including phenoxy) is 1. The number of rotatable bonds is 6. The molecule has 19 heavy (non-hydrogen) atoms. The Morgan fingerprint density at radius 1 is 1.47 bits per heavy atom. The highest BCUT2D eigenvalue weighted by molar-refractivity contribution is 5.09. The summed E-state index contributed by atoms with van der Waals surface area (Å²) in [5.41, 5.74) is 0.0181. The summed E-state index contributed by atoms with van der Waals surface area (Å²) in [7, 11) is 1.69. The van der Waals surface area contributed by atoms with Gasteiger partial charge in [-0.1, -0.05) is 25.4 Å². The molecule has 2 unspecified atom stereocenters. The van der Waals surface area contributed by atoms with Crippen LogP contribution in [0.15, 0.2) is 4.52 Å². The lowest BCUT2D eigenvalue weighted by Gasteiger charge is -2.34. The van der Waals surface area contributed by atoms with Crippen molar-refractivity contribution >= 4 is 0 Å². The molecule has 5 nitrogen and oxygen atoms in total. The Labute approximate surface area is 115 Å². The van der Waals surface area contributed by atoms with Crippen LogP contribution >= 0.6 is 0 Å². The molecule has 5 heteroatoms. The predicted molar refractivity (Wildman–Crippen MR) is 73.0 cm³/mol. The molecule has 1 N–H and O–H groups in total. The SMILES string of the molecule is CCCC1(c2nc(C(CC)OC)no2)CCCNC1. The van der Waals surface area contributed by atoms with Crippen LogP contribution in [-0.4, -0.2) is 30.3 Å². The molecule has 1 fully saturated rings. The van der Waals surface area contributed by atoms with Gasteiger partial charge < -0.3 is 14.6 Å². The maximum Gasteiger partial charge on any atom is 0.234 e. The van der Waals surface area contributed by atoms with Gasteiger partial charge >= 0.3 is 0 Å². The van der Waals surface area contributed by atoms with E-state index in [1.165, 1.54) is 6.42 Å². The minimum absolute atomic E-state index is 0.0181. The van der Waals surface area contributed by atoms with Crippen LogP contribution in [0, 0.1) is 0 Å². The molecule has 0 amide bonds. The molecule has 0 radical (unpaired) electrons. The Hall–Kier alpha value is -0.940. The van der Waals surface area contributed by atoms with Crippen LogP contribution in [0.1, 0.15) is 63.8 Å². The first kappa shape index (κ1) is 14.5. The van der Waals surface area contributed by atoms with E-state index in [2.05, 4.69) is 29.3 Å². The van der Waals surface area contributed by atoms with Gasteiger partial charge in [-0.15, -0.1) is 0 Å². The molecule has 1 aliphatic heterocycles. The normalized spacial score (nSPS) is 25.4. The van der Waals surface area contributed by atoms with Gasteiger partial charge in [0.15, 0.2) is 0 Å². The van der Waals surface area contributed by atoms with E-state index in [0.29, 0.717) is 5.82 Å². The topological polar surface area (TPSA) is 60.2 Å². The van der Waals surface area contributed by atoms with Gasteiger partial charge in [0, 0.05) is 13.7 Å². The van der Waals surface area contributed by atoms with E-state index < -0.39 is 0 Å². The Morgan fingerprint density at radius 2 is 2.32 bits per heavy atom. The van der Waals surface area contributed by atoms with Crippen molar-refractivity contribution in [3.8, 4) is 0 Å². The van der Waals surface area contributed by atoms with E-state index in [9.17, 15) is 0 Å². The van der Waals surface area contributed by atoms with Crippen molar-refractivity contribution in [1.29, 1.82) is 0 Å². The van der Waals surface area contributed by atoms with Crippen molar-refractivity contribution in [1.82, 2.24) is 15.5 Å². The molecule has 2 rings (SSSR count). The summed E-state index contributed by atoms with van der Waals surface area (Å²) in [6.45, 7) is 6.29.